The quantitative estimate of drug-likeness (QED) is 0.337. The standard InChI is InChI=1S/C22H27NO4S3/c1-28-11-10-18(23-19(24)16-4-2-3-5-17(16)20(23)25)21(26)27-15-8-6-14(7-9-15)22-29-12-13-30-22/h6-9,16-18,22H,2-5,10-13H2,1H3. The molecule has 162 valence electrons. The number of ether oxygens (including phenoxy) is 1. The van der Waals surface area contributed by atoms with Crippen molar-refractivity contribution in [1.29, 1.82) is 0 Å². The maximum absolute atomic E-state index is 13.1. The van der Waals surface area contributed by atoms with Crippen LogP contribution in [0.2, 0.25) is 0 Å². The molecule has 1 aromatic rings. The maximum atomic E-state index is 13.1. The number of esters is 1. The number of thioether (sulfide) groups is 3. The van der Waals surface area contributed by atoms with Crippen LogP contribution in [0.5, 0.6) is 5.75 Å². The van der Waals surface area contributed by atoms with Crippen LogP contribution >= 0.6 is 35.3 Å². The molecule has 0 N–H and O–H groups in total. The molecule has 3 atom stereocenters. The minimum absolute atomic E-state index is 0.182. The van der Waals surface area contributed by atoms with Crippen molar-refractivity contribution < 1.29 is 19.1 Å². The first-order valence-electron chi connectivity index (χ1n) is 10.5. The van der Waals surface area contributed by atoms with Gasteiger partial charge < -0.3 is 4.74 Å². The Kier molecular flexibility index (Phi) is 7.36. The van der Waals surface area contributed by atoms with Crippen LogP contribution in [0, 0.1) is 11.8 Å². The minimum Gasteiger partial charge on any atom is -0.425 e. The third-order valence-electron chi connectivity index (χ3n) is 6.05. The molecular weight excluding hydrogens is 438 g/mol. The fourth-order valence-electron chi connectivity index (χ4n) is 4.51. The van der Waals surface area contributed by atoms with Gasteiger partial charge in [-0.05, 0) is 49.0 Å². The number of fused-ring (bicyclic) bond motifs is 1. The number of benzene rings is 1. The lowest BCUT2D eigenvalue weighted by Gasteiger charge is -2.25. The third kappa shape index (κ3) is 4.55. The molecule has 3 fully saturated rings. The third-order valence-corrected chi connectivity index (χ3v) is 9.80. The summed E-state index contributed by atoms with van der Waals surface area (Å²) in [6.45, 7) is 0. The van der Waals surface area contributed by atoms with Crippen molar-refractivity contribution in [3.8, 4) is 5.75 Å². The largest absolute Gasteiger partial charge is 0.425 e. The summed E-state index contributed by atoms with van der Waals surface area (Å²) in [4.78, 5) is 40.3. The first-order chi connectivity index (χ1) is 14.6. The average Bonchev–Trinajstić information content (AvgIpc) is 3.38. The average molecular weight is 466 g/mol. The van der Waals surface area contributed by atoms with Gasteiger partial charge in [-0.1, -0.05) is 25.0 Å². The van der Waals surface area contributed by atoms with Crippen molar-refractivity contribution in [3.05, 3.63) is 29.8 Å². The summed E-state index contributed by atoms with van der Waals surface area (Å²) in [6, 6.07) is 6.77. The smallest absolute Gasteiger partial charge is 0.334 e. The van der Waals surface area contributed by atoms with Crippen LogP contribution in [-0.2, 0) is 14.4 Å². The molecule has 1 saturated carbocycles. The Balaban J connectivity index is 1.48. The van der Waals surface area contributed by atoms with Crippen LogP contribution in [0.1, 0.15) is 42.2 Å². The molecular formula is C22H27NO4S3. The van der Waals surface area contributed by atoms with Crippen LogP contribution in [0.25, 0.3) is 0 Å². The SMILES string of the molecule is CSCCC(C(=O)Oc1ccc(C2SCCS2)cc1)N1C(=O)C2CCCCC2C1=O. The van der Waals surface area contributed by atoms with Gasteiger partial charge in [-0.25, -0.2) is 4.79 Å². The molecule has 3 unspecified atom stereocenters. The predicted molar refractivity (Wildman–Crippen MR) is 124 cm³/mol. The van der Waals surface area contributed by atoms with E-state index in [0.29, 0.717) is 22.5 Å². The van der Waals surface area contributed by atoms with E-state index in [1.165, 1.54) is 10.5 Å². The van der Waals surface area contributed by atoms with Gasteiger partial charge in [0.05, 0.1) is 16.4 Å². The Bertz CT molecular complexity index is 770. The lowest BCUT2D eigenvalue weighted by molar-refractivity contribution is -0.153. The summed E-state index contributed by atoms with van der Waals surface area (Å²) < 4.78 is 6.08. The van der Waals surface area contributed by atoms with Crippen molar-refractivity contribution in [2.75, 3.05) is 23.5 Å². The topological polar surface area (TPSA) is 63.7 Å². The second-order valence-corrected chi connectivity index (χ2v) is 11.6. The monoisotopic (exact) mass is 465 g/mol. The van der Waals surface area contributed by atoms with E-state index < -0.39 is 12.0 Å². The molecule has 3 aliphatic rings. The number of carbonyl (C=O) groups excluding carboxylic acids is 3. The van der Waals surface area contributed by atoms with Gasteiger partial charge in [0, 0.05) is 11.5 Å². The van der Waals surface area contributed by atoms with Crippen molar-refractivity contribution >= 4 is 53.1 Å². The molecule has 0 spiro atoms. The number of imide groups is 1. The lowest BCUT2D eigenvalue weighted by atomic mass is 9.81. The molecule has 1 aliphatic carbocycles. The van der Waals surface area contributed by atoms with Crippen LogP contribution in [-0.4, -0.2) is 52.2 Å². The van der Waals surface area contributed by atoms with Crippen LogP contribution in [0.15, 0.2) is 24.3 Å². The molecule has 2 aliphatic heterocycles. The zero-order chi connectivity index (χ0) is 21.1. The highest BCUT2D eigenvalue weighted by molar-refractivity contribution is 8.19. The van der Waals surface area contributed by atoms with Crippen LogP contribution in [0.3, 0.4) is 0 Å². The Hall–Kier alpha value is -1.12. The lowest BCUT2D eigenvalue weighted by Crippen LogP contribution is -2.47. The number of rotatable bonds is 7. The number of nitrogens with zero attached hydrogens (tertiary/aromatic N) is 1. The molecule has 5 nitrogen and oxygen atoms in total. The number of likely N-dealkylation sites (tertiary alicyclic amines) is 1. The highest BCUT2D eigenvalue weighted by Crippen LogP contribution is 2.45. The van der Waals surface area contributed by atoms with Gasteiger partial charge in [0.1, 0.15) is 11.8 Å². The highest BCUT2D eigenvalue weighted by Gasteiger charge is 2.52. The predicted octanol–water partition coefficient (Wildman–Crippen LogP) is 4.37. The molecule has 4 rings (SSSR count). The van der Waals surface area contributed by atoms with Gasteiger partial charge in [0.25, 0.3) is 0 Å². The first kappa shape index (κ1) is 22.1. The molecule has 1 aromatic carbocycles. The van der Waals surface area contributed by atoms with E-state index >= 15 is 0 Å². The van der Waals surface area contributed by atoms with Gasteiger partial charge in [-0.15, -0.1) is 23.5 Å². The van der Waals surface area contributed by atoms with Crippen LogP contribution < -0.4 is 4.74 Å². The van der Waals surface area contributed by atoms with E-state index in [-0.39, 0.29) is 23.7 Å². The summed E-state index contributed by atoms with van der Waals surface area (Å²) in [5.74, 6) is 2.07. The van der Waals surface area contributed by atoms with E-state index in [0.717, 1.165) is 37.2 Å². The van der Waals surface area contributed by atoms with E-state index in [2.05, 4.69) is 0 Å². The van der Waals surface area contributed by atoms with Crippen molar-refractivity contribution in [1.82, 2.24) is 4.90 Å². The molecule has 2 heterocycles. The second kappa shape index (κ2) is 10.0. The first-order valence-corrected chi connectivity index (χ1v) is 14.0. The molecule has 30 heavy (non-hydrogen) atoms. The van der Waals surface area contributed by atoms with E-state index in [1.54, 1.807) is 11.8 Å². The highest BCUT2D eigenvalue weighted by atomic mass is 32.2. The molecule has 2 amide bonds. The van der Waals surface area contributed by atoms with Gasteiger partial charge in [-0.3, -0.25) is 14.5 Å². The zero-order valence-electron chi connectivity index (χ0n) is 17.1. The summed E-state index contributed by atoms with van der Waals surface area (Å²) >= 11 is 5.45. The minimum atomic E-state index is -0.844. The molecule has 8 heteroatoms. The number of hydrogen-bond donors (Lipinski definition) is 0. The van der Waals surface area contributed by atoms with Gasteiger partial charge in [-0.2, -0.15) is 11.8 Å². The van der Waals surface area contributed by atoms with E-state index in [4.69, 9.17) is 4.74 Å². The fraction of sp³-hybridized carbons (Fsp3) is 0.591. The van der Waals surface area contributed by atoms with E-state index in [1.807, 2.05) is 54.0 Å². The Morgan fingerprint density at radius 2 is 1.70 bits per heavy atom. The van der Waals surface area contributed by atoms with E-state index in [9.17, 15) is 14.4 Å². The second-order valence-electron chi connectivity index (χ2n) is 7.90. The number of amides is 2. The maximum Gasteiger partial charge on any atom is 0.334 e. The van der Waals surface area contributed by atoms with Crippen LogP contribution in [0.4, 0.5) is 0 Å². The van der Waals surface area contributed by atoms with Gasteiger partial charge >= 0.3 is 5.97 Å². The van der Waals surface area contributed by atoms with Gasteiger partial charge in [0.2, 0.25) is 11.8 Å². The Morgan fingerprint density at radius 3 is 2.27 bits per heavy atom. The summed E-state index contributed by atoms with van der Waals surface area (Å²) in [6.07, 6.45) is 5.80. The summed E-state index contributed by atoms with van der Waals surface area (Å²) in [5.41, 5.74) is 1.22. The Labute approximate surface area is 190 Å². The van der Waals surface area contributed by atoms with Crippen molar-refractivity contribution in [2.45, 2.75) is 42.7 Å². The molecule has 2 saturated heterocycles. The number of carbonyl (C=O) groups is 3. The molecule has 0 radical (unpaired) electrons. The molecule has 0 aromatic heterocycles. The van der Waals surface area contributed by atoms with Crippen molar-refractivity contribution in [2.24, 2.45) is 11.8 Å². The summed E-state index contributed by atoms with van der Waals surface area (Å²) in [5, 5.41) is 0. The Morgan fingerprint density at radius 1 is 1.10 bits per heavy atom. The molecule has 0 bridgehead atoms. The number of hydrogen-bond acceptors (Lipinski definition) is 7. The zero-order valence-corrected chi connectivity index (χ0v) is 19.5. The van der Waals surface area contributed by atoms with Crippen molar-refractivity contribution in [3.63, 3.8) is 0 Å². The normalized spacial score (nSPS) is 25.4. The summed E-state index contributed by atoms with van der Waals surface area (Å²) in [7, 11) is 0. The van der Waals surface area contributed by atoms with Gasteiger partial charge in [0.15, 0.2) is 0 Å². The fourth-order valence-corrected chi connectivity index (χ4v) is 7.82.